The van der Waals surface area contributed by atoms with E-state index in [1.165, 1.54) is 25.3 Å². The van der Waals surface area contributed by atoms with Crippen LogP contribution in [0.25, 0.3) is 22.3 Å². The molecule has 1 aromatic carbocycles. The van der Waals surface area contributed by atoms with E-state index in [1.807, 2.05) is 0 Å². The van der Waals surface area contributed by atoms with Crippen LogP contribution in [0.2, 0.25) is 0 Å². The maximum Gasteiger partial charge on any atom is 0.279 e. The molecule has 2 aromatic heterocycles. The summed E-state index contributed by atoms with van der Waals surface area (Å²) >= 11 is 0. The van der Waals surface area contributed by atoms with Gasteiger partial charge in [0.2, 0.25) is 0 Å². The number of fused-ring (bicyclic) bond motifs is 1. The Bertz CT molecular complexity index is 1040. The van der Waals surface area contributed by atoms with Gasteiger partial charge in [-0.2, -0.15) is 0 Å². The number of pyridine rings is 1. The summed E-state index contributed by atoms with van der Waals surface area (Å²) in [5.41, 5.74) is 1.33. The summed E-state index contributed by atoms with van der Waals surface area (Å²) in [5, 5.41) is 3.51. The number of hydrogen-bond acceptors (Lipinski definition) is 4. The predicted molar refractivity (Wildman–Crippen MR) is 104 cm³/mol. The monoisotopic (exact) mass is 384 g/mol. The second kappa shape index (κ2) is 8.14. The zero-order chi connectivity index (χ0) is 19.5. The Labute approximate surface area is 161 Å². The average molecular weight is 384 g/mol. The Morgan fingerprint density at radius 3 is 2.82 bits per heavy atom. The SMILES string of the molecule is O=c1c2nc(-c3ccc(F)c(F)c3)ccc2ncn1CCC[C@@H]1CCCCN1. The summed E-state index contributed by atoms with van der Waals surface area (Å²) in [6.45, 7) is 1.65. The standard InChI is InChI=1S/C21H22F2N4O/c22-16-7-6-14(12-17(16)23)18-8-9-19-20(26-18)21(28)27(13-25-19)11-3-5-15-4-1-2-10-24-15/h6-9,12-13,15,24H,1-5,10-11H2/t15-/m0/s1. The molecule has 1 fully saturated rings. The van der Waals surface area contributed by atoms with Gasteiger partial charge in [-0.05, 0) is 62.6 Å². The van der Waals surface area contributed by atoms with Crippen molar-refractivity contribution in [2.24, 2.45) is 0 Å². The van der Waals surface area contributed by atoms with Gasteiger partial charge < -0.3 is 5.32 Å². The van der Waals surface area contributed by atoms with Crippen molar-refractivity contribution in [3.63, 3.8) is 0 Å². The van der Waals surface area contributed by atoms with Gasteiger partial charge in [0.25, 0.3) is 5.56 Å². The molecule has 4 rings (SSSR count). The largest absolute Gasteiger partial charge is 0.314 e. The van der Waals surface area contributed by atoms with E-state index < -0.39 is 11.6 Å². The zero-order valence-corrected chi connectivity index (χ0v) is 15.5. The molecule has 1 saturated heterocycles. The maximum absolute atomic E-state index is 13.5. The fourth-order valence-corrected chi connectivity index (χ4v) is 3.69. The smallest absolute Gasteiger partial charge is 0.279 e. The molecule has 3 aromatic rings. The van der Waals surface area contributed by atoms with Crippen LogP contribution in [0.4, 0.5) is 8.78 Å². The minimum Gasteiger partial charge on any atom is -0.314 e. The molecule has 0 spiro atoms. The topological polar surface area (TPSA) is 59.8 Å². The van der Waals surface area contributed by atoms with Crippen LogP contribution in [-0.4, -0.2) is 27.1 Å². The Hall–Kier alpha value is -2.67. The van der Waals surface area contributed by atoms with Crippen molar-refractivity contribution in [3.8, 4) is 11.3 Å². The van der Waals surface area contributed by atoms with Gasteiger partial charge in [-0.1, -0.05) is 6.42 Å². The molecule has 5 nitrogen and oxygen atoms in total. The van der Waals surface area contributed by atoms with Crippen LogP contribution in [0.1, 0.15) is 32.1 Å². The second-order valence-electron chi connectivity index (χ2n) is 7.23. The van der Waals surface area contributed by atoms with Gasteiger partial charge in [0, 0.05) is 18.2 Å². The predicted octanol–water partition coefficient (Wildman–Crippen LogP) is 3.66. The Morgan fingerprint density at radius 2 is 2.04 bits per heavy atom. The first-order valence-electron chi connectivity index (χ1n) is 9.67. The molecule has 0 saturated carbocycles. The molecule has 0 unspecified atom stereocenters. The van der Waals surface area contributed by atoms with E-state index in [4.69, 9.17) is 0 Å². The third-order valence-corrected chi connectivity index (χ3v) is 5.25. The number of hydrogen-bond donors (Lipinski definition) is 1. The van der Waals surface area contributed by atoms with Gasteiger partial charge in [0.1, 0.15) is 0 Å². The number of nitrogens with one attached hydrogen (secondary N) is 1. The van der Waals surface area contributed by atoms with Gasteiger partial charge in [-0.25, -0.2) is 18.7 Å². The molecule has 1 atom stereocenters. The lowest BCUT2D eigenvalue weighted by Gasteiger charge is -2.23. The van der Waals surface area contributed by atoms with Crippen molar-refractivity contribution in [3.05, 3.63) is 58.6 Å². The molecular formula is C21H22F2N4O. The number of piperidine rings is 1. The highest BCUT2D eigenvalue weighted by Crippen LogP contribution is 2.21. The van der Waals surface area contributed by atoms with Gasteiger partial charge in [0.05, 0.1) is 17.5 Å². The fourth-order valence-electron chi connectivity index (χ4n) is 3.69. The number of halogens is 2. The van der Waals surface area contributed by atoms with E-state index in [1.54, 1.807) is 23.0 Å². The molecule has 0 amide bonds. The minimum atomic E-state index is -0.945. The number of aromatic nitrogens is 3. The van der Waals surface area contributed by atoms with Crippen molar-refractivity contribution in [1.29, 1.82) is 0 Å². The number of aryl methyl sites for hydroxylation is 1. The normalized spacial score (nSPS) is 17.1. The number of nitrogens with zero attached hydrogens (tertiary/aromatic N) is 3. The second-order valence-corrected chi connectivity index (χ2v) is 7.23. The third kappa shape index (κ3) is 3.94. The van der Waals surface area contributed by atoms with Crippen LogP contribution < -0.4 is 10.9 Å². The lowest BCUT2D eigenvalue weighted by Crippen LogP contribution is -2.34. The quantitative estimate of drug-likeness (QED) is 0.729. The molecule has 28 heavy (non-hydrogen) atoms. The average Bonchev–Trinajstić information content (AvgIpc) is 2.72. The molecule has 146 valence electrons. The molecule has 7 heteroatoms. The van der Waals surface area contributed by atoms with E-state index in [-0.39, 0.29) is 11.1 Å². The number of benzene rings is 1. The van der Waals surface area contributed by atoms with Crippen LogP contribution in [-0.2, 0) is 6.54 Å². The van der Waals surface area contributed by atoms with E-state index in [0.717, 1.165) is 31.5 Å². The lowest BCUT2D eigenvalue weighted by atomic mass is 10.0. The summed E-state index contributed by atoms with van der Waals surface area (Å²) in [4.78, 5) is 21.5. The zero-order valence-electron chi connectivity index (χ0n) is 15.5. The molecule has 3 heterocycles. The fraction of sp³-hybridized carbons (Fsp3) is 0.381. The van der Waals surface area contributed by atoms with E-state index in [9.17, 15) is 13.6 Å². The summed E-state index contributed by atoms with van der Waals surface area (Å²) in [6, 6.07) is 7.43. The highest BCUT2D eigenvalue weighted by Gasteiger charge is 2.13. The van der Waals surface area contributed by atoms with E-state index >= 15 is 0 Å². The summed E-state index contributed by atoms with van der Waals surface area (Å²) in [5.74, 6) is -1.86. The van der Waals surface area contributed by atoms with Gasteiger partial charge >= 0.3 is 0 Å². The summed E-state index contributed by atoms with van der Waals surface area (Å²) in [7, 11) is 0. The van der Waals surface area contributed by atoms with Crippen molar-refractivity contribution >= 4 is 11.0 Å². The van der Waals surface area contributed by atoms with Crippen molar-refractivity contribution in [2.45, 2.75) is 44.7 Å². The van der Waals surface area contributed by atoms with Crippen LogP contribution >= 0.6 is 0 Å². The van der Waals surface area contributed by atoms with Crippen molar-refractivity contribution in [1.82, 2.24) is 19.9 Å². The molecule has 1 aliphatic heterocycles. The Balaban J connectivity index is 1.56. The van der Waals surface area contributed by atoms with Gasteiger partial charge in [-0.15, -0.1) is 0 Å². The summed E-state index contributed by atoms with van der Waals surface area (Å²) in [6.07, 6.45) is 7.13. The highest BCUT2D eigenvalue weighted by atomic mass is 19.2. The highest BCUT2D eigenvalue weighted by molar-refractivity contribution is 5.76. The molecule has 1 aliphatic rings. The van der Waals surface area contributed by atoms with Gasteiger partial charge in [0.15, 0.2) is 17.2 Å². The van der Waals surface area contributed by atoms with E-state index in [2.05, 4.69) is 15.3 Å². The molecule has 0 aliphatic carbocycles. The number of rotatable bonds is 5. The first kappa shape index (κ1) is 18.7. The van der Waals surface area contributed by atoms with Crippen molar-refractivity contribution < 1.29 is 8.78 Å². The maximum atomic E-state index is 13.5. The van der Waals surface area contributed by atoms with Crippen LogP contribution in [0.5, 0.6) is 0 Å². The van der Waals surface area contributed by atoms with Crippen molar-refractivity contribution in [2.75, 3.05) is 6.54 Å². The lowest BCUT2D eigenvalue weighted by molar-refractivity contribution is 0.367. The molecule has 0 bridgehead atoms. The molecular weight excluding hydrogens is 362 g/mol. The first-order chi connectivity index (χ1) is 13.6. The van der Waals surface area contributed by atoms with Crippen LogP contribution in [0.3, 0.4) is 0 Å². The molecule has 1 N–H and O–H groups in total. The Morgan fingerprint density at radius 1 is 1.14 bits per heavy atom. The third-order valence-electron chi connectivity index (χ3n) is 5.25. The van der Waals surface area contributed by atoms with Gasteiger partial charge in [-0.3, -0.25) is 9.36 Å². The van der Waals surface area contributed by atoms with Crippen LogP contribution in [0.15, 0.2) is 41.5 Å². The van der Waals surface area contributed by atoms with Crippen LogP contribution in [0, 0.1) is 11.6 Å². The van der Waals surface area contributed by atoms with E-state index in [0.29, 0.717) is 29.4 Å². The first-order valence-corrected chi connectivity index (χ1v) is 9.67. The Kier molecular flexibility index (Phi) is 5.43. The minimum absolute atomic E-state index is 0.217. The summed E-state index contributed by atoms with van der Waals surface area (Å²) < 4.78 is 28.3. The molecule has 0 radical (unpaired) electrons.